The van der Waals surface area contributed by atoms with Gasteiger partial charge in [-0.2, -0.15) is 0 Å². The van der Waals surface area contributed by atoms with Crippen molar-refractivity contribution in [2.75, 3.05) is 14.2 Å². The van der Waals surface area contributed by atoms with Gasteiger partial charge in [0.05, 0.1) is 25.1 Å². The lowest BCUT2D eigenvalue weighted by molar-refractivity contribution is -0.140. The van der Waals surface area contributed by atoms with Crippen molar-refractivity contribution < 1.29 is 19.1 Å². The van der Waals surface area contributed by atoms with E-state index in [1.54, 1.807) is 25.3 Å². The summed E-state index contributed by atoms with van der Waals surface area (Å²) in [4.78, 5) is 22.7. The number of carbonyl (C=O) groups is 2. The van der Waals surface area contributed by atoms with E-state index in [1.807, 2.05) is 0 Å². The normalized spacial score (nSPS) is 9.82. The standard InChI is InChI=1S/C12H13BrO4/c1-16-11-5-3-8(7-9(11)13)10(14)4-6-12(15)17-2/h3,5,7H,4,6H2,1-2H3. The molecule has 0 spiro atoms. The van der Waals surface area contributed by atoms with Gasteiger partial charge in [-0.25, -0.2) is 0 Å². The number of methoxy groups -OCH3 is 2. The van der Waals surface area contributed by atoms with Crippen LogP contribution in [0.3, 0.4) is 0 Å². The highest BCUT2D eigenvalue weighted by molar-refractivity contribution is 9.10. The Morgan fingerprint density at radius 1 is 1.24 bits per heavy atom. The van der Waals surface area contributed by atoms with Crippen molar-refractivity contribution >= 4 is 27.7 Å². The van der Waals surface area contributed by atoms with Crippen molar-refractivity contribution in [3.8, 4) is 5.75 Å². The lowest BCUT2D eigenvalue weighted by Crippen LogP contribution is -2.06. The second-order valence-corrected chi connectivity index (χ2v) is 4.20. The number of halogens is 1. The van der Waals surface area contributed by atoms with E-state index in [4.69, 9.17) is 4.74 Å². The summed E-state index contributed by atoms with van der Waals surface area (Å²) in [7, 11) is 2.86. The van der Waals surface area contributed by atoms with Crippen LogP contribution >= 0.6 is 15.9 Å². The van der Waals surface area contributed by atoms with E-state index in [0.29, 0.717) is 15.8 Å². The molecular weight excluding hydrogens is 288 g/mol. The number of Topliss-reactive ketones (excluding diaryl/α,β-unsaturated/α-hetero) is 1. The molecule has 1 aromatic rings. The number of ether oxygens (including phenoxy) is 2. The van der Waals surface area contributed by atoms with Gasteiger partial charge < -0.3 is 9.47 Å². The minimum atomic E-state index is -0.383. The van der Waals surface area contributed by atoms with Gasteiger partial charge in [-0.1, -0.05) is 0 Å². The van der Waals surface area contributed by atoms with Crippen molar-refractivity contribution in [3.63, 3.8) is 0 Å². The molecule has 1 rings (SSSR count). The zero-order valence-electron chi connectivity index (χ0n) is 9.66. The molecule has 0 amide bonds. The minimum Gasteiger partial charge on any atom is -0.496 e. The van der Waals surface area contributed by atoms with E-state index in [1.165, 1.54) is 7.11 Å². The molecule has 5 heteroatoms. The van der Waals surface area contributed by atoms with E-state index in [0.717, 1.165) is 0 Å². The monoisotopic (exact) mass is 300 g/mol. The molecule has 1 aromatic carbocycles. The molecule has 4 nitrogen and oxygen atoms in total. The van der Waals surface area contributed by atoms with Crippen molar-refractivity contribution in [2.45, 2.75) is 12.8 Å². The van der Waals surface area contributed by atoms with Crippen LogP contribution in [0.1, 0.15) is 23.2 Å². The van der Waals surface area contributed by atoms with E-state index < -0.39 is 0 Å². The number of rotatable bonds is 5. The molecule has 0 aliphatic carbocycles. The van der Waals surface area contributed by atoms with Gasteiger partial charge in [0.1, 0.15) is 5.75 Å². The zero-order valence-corrected chi connectivity index (χ0v) is 11.2. The Morgan fingerprint density at radius 2 is 1.94 bits per heavy atom. The van der Waals surface area contributed by atoms with Gasteiger partial charge >= 0.3 is 5.97 Å². The summed E-state index contributed by atoms with van der Waals surface area (Å²) in [5.74, 6) is 0.180. The molecule has 92 valence electrons. The average molecular weight is 301 g/mol. The first-order valence-electron chi connectivity index (χ1n) is 5.02. The Labute approximate surface area is 108 Å². The van der Waals surface area contributed by atoms with Crippen LogP contribution in [-0.4, -0.2) is 26.0 Å². The predicted molar refractivity (Wildman–Crippen MR) is 66.3 cm³/mol. The summed E-state index contributed by atoms with van der Waals surface area (Å²) >= 11 is 3.30. The van der Waals surface area contributed by atoms with Gasteiger partial charge in [-0.05, 0) is 34.1 Å². The van der Waals surface area contributed by atoms with Gasteiger partial charge in [0.2, 0.25) is 0 Å². The van der Waals surface area contributed by atoms with Gasteiger partial charge in [-0.15, -0.1) is 0 Å². The molecule has 0 N–H and O–H groups in total. The first-order chi connectivity index (χ1) is 8.08. The van der Waals surface area contributed by atoms with E-state index in [-0.39, 0.29) is 24.6 Å². The molecule has 0 fully saturated rings. The largest absolute Gasteiger partial charge is 0.496 e. The average Bonchev–Trinajstić information content (AvgIpc) is 2.35. The number of benzene rings is 1. The van der Waals surface area contributed by atoms with Crippen LogP contribution in [-0.2, 0) is 9.53 Å². The third-order valence-electron chi connectivity index (χ3n) is 2.26. The highest BCUT2D eigenvalue weighted by Gasteiger charge is 2.11. The van der Waals surface area contributed by atoms with Crippen LogP contribution in [0, 0.1) is 0 Å². The maximum Gasteiger partial charge on any atom is 0.305 e. The van der Waals surface area contributed by atoms with Crippen molar-refractivity contribution in [3.05, 3.63) is 28.2 Å². The Balaban J connectivity index is 2.69. The maximum atomic E-state index is 11.7. The van der Waals surface area contributed by atoms with Gasteiger partial charge in [0.25, 0.3) is 0 Å². The van der Waals surface area contributed by atoms with E-state index >= 15 is 0 Å². The topological polar surface area (TPSA) is 52.6 Å². The summed E-state index contributed by atoms with van der Waals surface area (Å²) in [6.45, 7) is 0. The molecule has 0 unspecified atom stereocenters. The molecule has 0 heterocycles. The second-order valence-electron chi connectivity index (χ2n) is 3.35. The Bertz CT molecular complexity index is 429. The first kappa shape index (κ1) is 13.7. The summed E-state index contributed by atoms with van der Waals surface area (Å²) < 4.78 is 10.3. The van der Waals surface area contributed by atoms with Crippen LogP contribution in [0.2, 0.25) is 0 Å². The maximum absolute atomic E-state index is 11.7. The van der Waals surface area contributed by atoms with Crippen molar-refractivity contribution in [1.82, 2.24) is 0 Å². The lowest BCUT2D eigenvalue weighted by Gasteiger charge is -2.05. The van der Waals surface area contributed by atoms with Gasteiger partial charge in [0.15, 0.2) is 5.78 Å². The van der Waals surface area contributed by atoms with Crippen LogP contribution < -0.4 is 4.74 Å². The number of hydrogen-bond donors (Lipinski definition) is 0. The number of hydrogen-bond acceptors (Lipinski definition) is 4. The third-order valence-corrected chi connectivity index (χ3v) is 2.88. The Kier molecular flexibility index (Phi) is 5.15. The van der Waals surface area contributed by atoms with E-state index in [2.05, 4.69) is 20.7 Å². The summed E-state index contributed by atoms with van der Waals surface area (Å²) in [5, 5.41) is 0. The molecule has 17 heavy (non-hydrogen) atoms. The third kappa shape index (κ3) is 3.85. The number of esters is 1. The summed E-state index contributed by atoms with van der Waals surface area (Å²) in [6, 6.07) is 5.05. The van der Waals surface area contributed by atoms with Gasteiger partial charge in [0, 0.05) is 12.0 Å². The molecule has 0 aliphatic rings. The van der Waals surface area contributed by atoms with E-state index in [9.17, 15) is 9.59 Å². The summed E-state index contributed by atoms with van der Waals surface area (Å²) in [6.07, 6.45) is 0.240. The van der Waals surface area contributed by atoms with Crippen LogP contribution in [0.4, 0.5) is 0 Å². The highest BCUT2D eigenvalue weighted by Crippen LogP contribution is 2.26. The molecule has 0 aliphatic heterocycles. The Hall–Kier alpha value is -1.36. The fourth-order valence-corrected chi connectivity index (χ4v) is 1.84. The van der Waals surface area contributed by atoms with Gasteiger partial charge in [-0.3, -0.25) is 9.59 Å². The summed E-state index contributed by atoms with van der Waals surface area (Å²) in [5.41, 5.74) is 0.543. The molecular formula is C12H13BrO4. The predicted octanol–water partition coefficient (Wildman–Crippen LogP) is 2.59. The smallest absolute Gasteiger partial charge is 0.305 e. The van der Waals surface area contributed by atoms with Crippen LogP contribution in [0.15, 0.2) is 22.7 Å². The zero-order chi connectivity index (χ0) is 12.8. The molecule has 0 radical (unpaired) electrons. The molecule has 0 saturated heterocycles. The highest BCUT2D eigenvalue weighted by atomic mass is 79.9. The second kappa shape index (κ2) is 6.39. The molecule has 0 bridgehead atoms. The molecule has 0 atom stereocenters. The van der Waals surface area contributed by atoms with Crippen LogP contribution in [0.25, 0.3) is 0 Å². The Morgan fingerprint density at radius 3 is 2.47 bits per heavy atom. The molecule has 0 saturated carbocycles. The number of carbonyl (C=O) groups excluding carboxylic acids is 2. The van der Waals surface area contributed by atoms with Crippen molar-refractivity contribution in [1.29, 1.82) is 0 Å². The fraction of sp³-hybridized carbons (Fsp3) is 0.333. The first-order valence-corrected chi connectivity index (χ1v) is 5.81. The molecule has 0 aromatic heterocycles. The van der Waals surface area contributed by atoms with Crippen molar-refractivity contribution in [2.24, 2.45) is 0 Å². The quantitative estimate of drug-likeness (QED) is 0.619. The number of ketones is 1. The fourth-order valence-electron chi connectivity index (χ4n) is 1.30. The van der Waals surface area contributed by atoms with Crippen LogP contribution in [0.5, 0.6) is 5.75 Å². The lowest BCUT2D eigenvalue weighted by atomic mass is 10.1. The SMILES string of the molecule is COC(=O)CCC(=O)c1ccc(OC)c(Br)c1. The minimum absolute atomic E-state index is 0.0962.